The van der Waals surface area contributed by atoms with Crippen LogP contribution in [0.5, 0.6) is 5.75 Å². The Kier molecular flexibility index (Phi) is 5.64. The molecule has 1 saturated carbocycles. The minimum absolute atomic E-state index is 0.0272. The summed E-state index contributed by atoms with van der Waals surface area (Å²) in [6.45, 7) is 1.29. The molecule has 1 N–H and O–H groups in total. The van der Waals surface area contributed by atoms with Gasteiger partial charge >= 0.3 is 0 Å². The predicted molar refractivity (Wildman–Crippen MR) is 122 cm³/mol. The first-order chi connectivity index (χ1) is 15.6. The Hall–Kier alpha value is -2.86. The predicted octanol–water partition coefficient (Wildman–Crippen LogP) is 4.37. The first-order valence-corrected chi connectivity index (χ1v) is 11.6. The second-order valence-corrected chi connectivity index (χ2v) is 9.07. The number of ether oxygens (including phenoxy) is 2. The highest BCUT2D eigenvalue weighted by Gasteiger charge is 2.56. The van der Waals surface area contributed by atoms with Crippen molar-refractivity contribution in [2.75, 3.05) is 25.6 Å². The number of fused-ring (bicyclic) bond motifs is 1. The highest BCUT2D eigenvalue weighted by atomic mass is 16.5. The third-order valence-corrected chi connectivity index (χ3v) is 7.33. The second kappa shape index (κ2) is 8.58. The number of anilines is 1. The Morgan fingerprint density at radius 3 is 2.62 bits per heavy atom. The van der Waals surface area contributed by atoms with E-state index in [0.29, 0.717) is 23.5 Å². The van der Waals surface area contributed by atoms with Gasteiger partial charge in [0.2, 0.25) is 5.91 Å². The fourth-order valence-electron chi connectivity index (χ4n) is 5.88. The SMILES string of the molecule is COc1ccccc1NC(=O)[C@H]1c2ccccc2C(=O)N(C[C@@H]2CCCO2)C12CCCC2. The topological polar surface area (TPSA) is 67.9 Å². The van der Waals surface area contributed by atoms with E-state index >= 15 is 0 Å². The van der Waals surface area contributed by atoms with Crippen LogP contribution in [0.2, 0.25) is 0 Å². The number of amides is 2. The lowest BCUT2D eigenvalue weighted by Crippen LogP contribution is -2.61. The van der Waals surface area contributed by atoms with Gasteiger partial charge in [0, 0.05) is 18.7 Å². The monoisotopic (exact) mass is 434 g/mol. The van der Waals surface area contributed by atoms with E-state index in [-0.39, 0.29) is 17.9 Å². The molecule has 0 bridgehead atoms. The first-order valence-electron chi connectivity index (χ1n) is 11.6. The molecule has 2 aromatic carbocycles. The van der Waals surface area contributed by atoms with Crippen LogP contribution in [0, 0.1) is 0 Å². The summed E-state index contributed by atoms with van der Waals surface area (Å²) in [5, 5.41) is 3.12. The Morgan fingerprint density at radius 2 is 1.88 bits per heavy atom. The number of para-hydroxylation sites is 2. The van der Waals surface area contributed by atoms with Crippen LogP contribution < -0.4 is 10.1 Å². The molecule has 2 heterocycles. The van der Waals surface area contributed by atoms with Crippen molar-refractivity contribution in [3.63, 3.8) is 0 Å². The van der Waals surface area contributed by atoms with Gasteiger partial charge in [-0.15, -0.1) is 0 Å². The Labute approximate surface area is 188 Å². The third-order valence-electron chi connectivity index (χ3n) is 7.33. The molecule has 2 atom stereocenters. The number of nitrogens with zero attached hydrogens (tertiary/aromatic N) is 1. The quantitative estimate of drug-likeness (QED) is 0.759. The van der Waals surface area contributed by atoms with Crippen LogP contribution in [0.4, 0.5) is 5.69 Å². The van der Waals surface area contributed by atoms with Crippen molar-refractivity contribution in [2.24, 2.45) is 0 Å². The van der Waals surface area contributed by atoms with E-state index in [1.807, 2.05) is 53.4 Å². The van der Waals surface area contributed by atoms with E-state index in [2.05, 4.69) is 5.32 Å². The van der Waals surface area contributed by atoms with E-state index in [4.69, 9.17) is 9.47 Å². The molecule has 2 aliphatic heterocycles. The number of carbonyl (C=O) groups excluding carboxylic acids is 2. The van der Waals surface area contributed by atoms with Gasteiger partial charge in [0.05, 0.1) is 30.4 Å². The summed E-state index contributed by atoms with van der Waals surface area (Å²) in [7, 11) is 1.60. The average Bonchev–Trinajstić information content (AvgIpc) is 3.50. The van der Waals surface area contributed by atoms with Crippen molar-refractivity contribution >= 4 is 17.5 Å². The van der Waals surface area contributed by atoms with Crippen LogP contribution in [0.25, 0.3) is 0 Å². The molecule has 1 saturated heterocycles. The number of hydrogen-bond donors (Lipinski definition) is 1. The molecule has 168 valence electrons. The molecule has 0 unspecified atom stereocenters. The van der Waals surface area contributed by atoms with Crippen molar-refractivity contribution in [2.45, 2.75) is 56.1 Å². The summed E-state index contributed by atoms with van der Waals surface area (Å²) in [4.78, 5) is 29.6. The summed E-state index contributed by atoms with van der Waals surface area (Å²) in [5.41, 5.74) is 1.58. The number of nitrogens with one attached hydrogen (secondary N) is 1. The molecule has 1 spiro atoms. The largest absolute Gasteiger partial charge is 0.495 e. The Morgan fingerprint density at radius 1 is 1.12 bits per heavy atom. The smallest absolute Gasteiger partial charge is 0.254 e. The van der Waals surface area contributed by atoms with Gasteiger partial charge in [-0.25, -0.2) is 0 Å². The third kappa shape index (κ3) is 3.47. The number of hydrogen-bond acceptors (Lipinski definition) is 4. The number of rotatable bonds is 5. The zero-order chi connectivity index (χ0) is 22.1. The number of benzene rings is 2. The maximum Gasteiger partial charge on any atom is 0.254 e. The van der Waals surface area contributed by atoms with Crippen LogP contribution in [0.3, 0.4) is 0 Å². The molecular weight excluding hydrogens is 404 g/mol. The molecule has 5 rings (SSSR count). The van der Waals surface area contributed by atoms with Gasteiger partial charge in [-0.1, -0.05) is 43.2 Å². The van der Waals surface area contributed by atoms with Gasteiger partial charge in [0.1, 0.15) is 5.75 Å². The molecule has 0 radical (unpaired) electrons. The first kappa shape index (κ1) is 21.0. The fraction of sp³-hybridized carbons (Fsp3) is 0.462. The van der Waals surface area contributed by atoms with E-state index in [1.54, 1.807) is 7.11 Å². The highest BCUT2D eigenvalue weighted by molar-refractivity contribution is 6.05. The van der Waals surface area contributed by atoms with E-state index in [9.17, 15) is 9.59 Å². The molecule has 6 heteroatoms. The minimum atomic E-state index is -0.524. The summed E-state index contributed by atoms with van der Waals surface area (Å²) < 4.78 is 11.4. The Bertz CT molecular complexity index is 1010. The van der Waals surface area contributed by atoms with Crippen LogP contribution in [0.15, 0.2) is 48.5 Å². The molecular formula is C26H30N2O4. The second-order valence-electron chi connectivity index (χ2n) is 9.07. The fourth-order valence-corrected chi connectivity index (χ4v) is 5.88. The van der Waals surface area contributed by atoms with Crippen LogP contribution >= 0.6 is 0 Å². The van der Waals surface area contributed by atoms with Crippen LogP contribution in [-0.2, 0) is 9.53 Å². The van der Waals surface area contributed by atoms with Gasteiger partial charge < -0.3 is 19.7 Å². The lowest BCUT2D eigenvalue weighted by molar-refractivity contribution is -0.121. The molecule has 0 aromatic heterocycles. The summed E-state index contributed by atoms with van der Waals surface area (Å²) >= 11 is 0. The maximum atomic E-state index is 13.9. The molecule has 6 nitrogen and oxygen atoms in total. The van der Waals surface area contributed by atoms with Gasteiger partial charge in [0.15, 0.2) is 0 Å². The maximum absolute atomic E-state index is 13.9. The molecule has 2 fully saturated rings. The number of carbonyl (C=O) groups is 2. The molecule has 32 heavy (non-hydrogen) atoms. The lowest BCUT2D eigenvalue weighted by Gasteiger charge is -2.50. The molecule has 1 aliphatic carbocycles. The number of methoxy groups -OCH3 is 1. The zero-order valence-corrected chi connectivity index (χ0v) is 18.5. The highest BCUT2D eigenvalue weighted by Crippen LogP contribution is 2.51. The van der Waals surface area contributed by atoms with Gasteiger partial charge in [-0.3, -0.25) is 9.59 Å². The van der Waals surface area contributed by atoms with Gasteiger partial charge in [-0.2, -0.15) is 0 Å². The minimum Gasteiger partial charge on any atom is -0.495 e. The van der Waals surface area contributed by atoms with Crippen molar-refractivity contribution in [1.82, 2.24) is 4.90 Å². The summed E-state index contributed by atoms with van der Waals surface area (Å²) in [6, 6.07) is 15.0. The molecule has 3 aliphatic rings. The van der Waals surface area contributed by atoms with Crippen molar-refractivity contribution in [3.05, 3.63) is 59.7 Å². The van der Waals surface area contributed by atoms with Crippen LogP contribution in [-0.4, -0.2) is 48.6 Å². The summed E-state index contributed by atoms with van der Waals surface area (Å²) in [5.74, 6) is 0.121. The van der Waals surface area contributed by atoms with E-state index in [1.165, 1.54) is 0 Å². The summed E-state index contributed by atoms with van der Waals surface area (Å²) in [6.07, 6.45) is 5.69. The lowest BCUT2D eigenvalue weighted by atomic mass is 9.71. The normalized spacial score (nSPS) is 23.9. The standard InChI is InChI=1S/C26H30N2O4/c1-31-22-13-5-4-12-21(22)27-24(29)23-19-10-2-3-11-20(19)25(30)28(17-18-9-8-16-32-18)26(23)14-6-7-15-26/h2-5,10-13,18,23H,6-9,14-17H2,1H3,(H,27,29)/t18-,23+/m0/s1. The van der Waals surface area contributed by atoms with Crippen molar-refractivity contribution < 1.29 is 19.1 Å². The van der Waals surface area contributed by atoms with E-state index < -0.39 is 11.5 Å². The van der Waals surface area contributed by atoms with Crippen molar-refractivity contribution in [1.29, 1.82) is 0 Å². The zero-order valence-electron chi connectivity index (χ0n) is 18.5. The van der Waals surface area contributed by atoms with Crippen LogP contribution in [0.1, 0.15) is 60.4 Å². The average molecular weight is 435 g/mol. The van der Waals surface area contributed by atoms with Gasteiger partial charge in [-0.05, 0) is 49.4 Å². The molecule has 2 amide bonds. The molecule has 2 aromatic rings. The van der Waals surface area contributed by atoms with Gasteiger partial charge in [0.25, 0.3) is 5.91 Å². The van der Waals surface area contributed by atoms with E-state index in [0.717, 1.165) is 50.7 Å². The Balaban J connectivity index is 1.57. The van der Waals surface area contributed by atoms with Crippen molar-refractivity contribution in [3.8, 4) is 5.75 Å².